The van der Waals surface area contributed by atoms with Crippen molar-refractivity contribution in [3.8, 4) is 0 Å². The molecule has 0 spiro atoms. The summed E-state index contributed by atoms with van der Waals surface area (Å²) in [7, 11) is 1.80. The fourth-order valence-corrected chi connectivity index (χ4v) is 3.60. The number of hydrogen-bond donors (Lipinski definition) is 2. The van der Waals surface area contributed by atoms with Crippen LogP contribution in [-0.2, 0) is 0 Å². The first-order chi connectivity index (χ1) is 9.47. The molecule has 0 saturated heterocycles. The van der Waals surface area contributed by atoms with Crippen LogP contribution in [0.4, 0.5) is 4.79 Å². The number of aliphatic hydroxyl groups excluding tert-OH is 1. The highest BCUT2D eigenvalue weighted by Crippen LogP contribution is 2.26. The van der Waals surface area contributed by atoms with Crippen molar-refractivity contribution in [2.75, 3.05) is 13.6 Å². The number of carbonyl (C=O) groups excluding carboxylic acids is 1. The van der Waals surface area contributed by atoms with Gasteiger partial charge in [0.05, 0.1) is 12.1 Å². The molecule has 1 heterocycles. The van der Waals surface area contributed by atoms with Gasteiger partial charge in [-0.15, -0.1) is 11.3 Å². The van der Waals surface area contributed by atoms with E-state index in [0.29, 0.717) is 6.54 Å². The summed E-state index contributed by atoms with van der Waals surface area (Å²) in [6, 6.07) is 4.09. The van der Waals surface area contributed by atoms with Crippen LogP contribution in [0.1, 0.15) is 42.0 Å². The van der Waals surface area contributed by atoms with Gasteiger partial charge in [0.15, 0.2) is 0 Å². The Hall–Kier alpha value is -1.07. The van der Waals surface area contributed by atoms with E-state index >= 15 is 0 Å². The minimum absolute atomic E-state index is 0.0251. The lowest BCUT2D eigenvalue weighted by Gasteiger charge is -2.25. The number of thiophene rings is 1. The quantitative estimate of drug-likeness (QED) is 0.897. The van der Waals surface area contributed by atoms with Gasteiger partial charge in [-0.05, 0) is 38.8 Å². The summed E-state index contributed by atoms with van der Waals surface area (Å²) in [6.07, 6.45) is 2.69. The van der Waals surface area contributed by atoms with Crippen molar-refractivity contribution in [2.45, 2.75) is 45.3 Å². The Morgan fingerprint density at radius 1 is 1.55 bits per heavy atom. The molecule has 1 aliphatic rings. The Morgan fingerprint density at radius 2 is 2.30 bits per heavy atom. The van der Waals surface area contributed by atoms with Crippen LogP contribution in [0.15, 0.2) is 12.1 Å². The second kappa shape index (κ2) is 6.59. The highest BCUT2D eigenvalue weighted by Gasteiger charge is 2.27. The molecule has 0 aliphatic heterocycles. The Morgan fingerprint density at radius 3 is 2.85 bits per heavy atom. The maximum absolute atomic E-state index is 12.2. The molecule has 0 unspecified atom stereocenters. The molecule has 1 aromatic heterocycles. The molecule has 1 saturated carbocycles. The van der Waals surface area contributed by atoms with E-state index in [2.05, 4.69) is 24.4 Å². The van der Waals surface area contributed by atoms with Crippen molar-refractivity contribution in [3.05, 3.63) is 21.9 Å². The van der Waals surface area contributed by atoms with Gasteiger partial charge in [0, 0.05) is 29.3 Å². The molecule has 2 rings (SSSR count). The average Bonchev–Trinajstić information content (AvgIpc) is 2.99. The Labute approximate surface area is 124 Å². The van der Waals surface area contributed by atoms with E-state index in [1.807, 2.05) is 6.92 Å². The lowest BCUT2D eigenvalue weighted by Crippen LogP contribution is -2.41. The highest BCUT2D eigenvalue weighted by atomic mass is 32.1. The van der Waals surface area contributed by atoms with E-state index in [1.54, 1.807) is 23.3 Å². The van der Waals surface area contributed by atoms with Crippen LogP contribution in [-0.4, -0.2) is 35.7 Å². The van der Waals surface area contributed by atoms with E-state index in [0.717, 1.165) is 19.3 Å². The van der Waals surface area contributed by atoms with Crippen molar-refractivity contribution < 1.29 is 9.90 Å². The number of carbonyl (C=O) groups is 1. The molecule has 20 heavy (non-hydrogen) atoms. The number of amides is 2. The first-order valence-corrected chi connectivity index (χ1v) is 8.05. The van der Waals surface area contributed by atoms with Crippen LogP contribution in [0, 0.1) is 12.8 Å². The predicted molar refractivity (Wildman–Crippen MR) is 82.0 cm³/mol. The normalized spacial score (nSPS) is 23.6. The topological polar surface area (TPSA) is 52.6 Å². The molecular weight excluding hydrogens is 272 g/mol. The maximum atomic E-state index is 12.2. The molecular formula is C15H24N2O2S. The molecule has 2 amide bonds. The lowest BCUT2D eigenvalue weighted by molar-refractivity contribution is 0.113. The van der Waals surface area contributed by atoms with Crippen molar-refractivity contribution in [3.63, 3.8) is 0 Å². The summed E-state index contributed by atoms with van der Waals surface area (Å²) in [5.74, 6) is 0.227. The lowest BCUT2D eigenvalue weighted by atomic mass is 10.1. The predicted octanol–water partition coefficient (Wildman–Crippen LogP) is 2.92. The zero-order valence-corrected chi connectivity index (χ0v) is 13.2. The van der Waals surface area contributed by atoms with Crippen LogP contribution in [0.5, 0.6) is 0 Å². The molecule has 0 radical (unpaired) electrons. The summed E-state index contributed by atoms with van der Waals surface area (Å²) >= 11 is 1.71. The number of rotatable bonds is 4. The standard InChI is InChI=1S/C15H24N2O2S/c1-10-7-8-14(20-10)11(2)16-15(19)17(3)9-12-5-4-6-13(12)18/h7-8,11-13,18H,4-6,9H2,1-3H3,(H,16,19)/t11-,12+,13+/m0/s1. The summed E-state index contributed by atoms with van der Waals surface area (Å²) in [4.78, 5) is 16.3. The van der Waals surface area contributed by atoms with Crippen LogP contribution in [0.3, 0.4) is 0 Å². The Kier molecular flexibility index (Phi) is 5.05. The van der Waals surface area contributed by atoms with Gasteiger partial charge >= 0.3 is 6.03 Å². The number of aryl methyl sites for hydroxylation is 1. The van der Waals surface area contributed by atoms with Crippen molar-refractivity contribution in [2.24, 2.45) is 5.92 Å². The number of urea groups is 1. The molecule has 5 heteroatoms. The third-order valence-corrected chi connectivity index (χ3v) is 5.19. The molecule has 2 N–H and O–H groups in total. The molecule has 4 nitrogen and oxygen atoms in total. The summed E-state index contributed by atoms with van der Waals surface area (Å²) in [6.45, 7) is 4.70. The van der Waals surface area contributed by atoms with Gasteiger partial charge in [-0.25, -0.2) is 4.79 Å². The third kappa shape index (κ3) is 3.73. The highest BCUT2D eigenvalue weighted by molar-refractivity contribution is 7.12. The second-order valence-electron chi connectivity index (χ2n) is 5.76. The molecule has 0 bridgehead atoms. The van der Waals surface area contributed by atoms with Gasteiger partial charge in [0.2, 0.25) is 0 Å². The second-order valence-corrected chi connectivity index (χ2v) is 7.08. The zero-order valence-electron chi connectivity index (χ0n) is 12.4. The van der Waals surface area contributed by atoms with Gasteiger partial charge in [-0.2, -0.15) is 0 Å². The smallest absolute Gasteiger partial charge is 0.317 e. The van der Waals surface area contributed by atoms with Crippen molar-refractivity contribution in [1.29, 1.82) is 0 Å². The number of aliphatic hydroxyl groups is 1. The fraction of sp³-hybridized carbons (Fsp3) is 0.667. The van der Waals surface area contributed by atoms with Gasteiger partial charge in [-0.3, -0.25) is 0 Å². The molecule has 1 aromatic rings. The van der Waals surface area contributed by atoms with Crippen LogP contribution >= 0.6 is 11.3 Å². The SMILES string of the molecule is Cc1ccc([C@H](C)NC(=O)N(C)C[C@H]2CCC[C@H]2O)s1. The fourth-order valence-electron chi connectivity index (χ4n) is 2.72. The monoisotopic (exact) mass is 296 g/mol. The molecule has 112 valence electrons. The summed E-state index contributed by atoms with van der Waals surface area (Å²) < 4.78 is 0. The maximum Gasteiger partial charge on any atom is 0.317 e. The first kappa shape index (κ1) is 15.3. The average molecular weight is 296 g/mol. The minimum atomic E-state index is -0.248. The van der Waals surface area contributed by atoms with Gasteiger partial charge in [-0.1, -0.05) is 6.42 Å². The Bertz CT molecular complexity index is 460. The number of hydrogen-bond acceptors (Lipinski definition) is 3. The number of nitrogens with zero attached hydrogens (tertiary/aromatic N) is 1. The minimum Gasteiger partial charge on any atom is -0.393 e. The van der Waals surface area contributed by atoms with E-state index in [1.165, 1.54) is 9.75 Å². The summed E-state index contributed by atoms with van der Waals surface area (Å²) in [5.41, 5.74) is 0. The van der Waals surface area contributed by atoms with Gasteiger partial charge in [0.25, 0.3) is 0 Å². The van der Waals surface area contributed by atoms with Crippen LogP contribution < -0.4 is 5.32 Å². The van der Waals surface area contributed by atoms with Crippen LogP contribution in [0.25, 0.3) is 0 Å². The van der Waals surface area contributed by atoms with Crippen molar-refractivity contribution in [1.82, 2.24) is 10.2 Å². The van der Waals surface area contributed by atoms with Crippen LogP contribution in [0.2, 0.25) is 0 Å². The summed E-state index contributed by atoms with van der Waals surface area (Å²) in [5, 5.41) is 12.8. The van der Waals surface area contributed by atoms with E-state index < -0.39 is 0 Å². The van der Waals surface area contributed by atoms with Gasteiger partial charge in [0.1, 0.15) is 0 Å². The molecule has 1 fully saturated rings. The third-order valence-electron chi connectivity index (χ3n) is 4.00. The van der Waals surface area contributed by atoms with E-state index in [4.69, 9.17) is 0 Å². The zero-order chi connectivity index (χ0) is 14.7. The van der Waals surface area contributed by atoms with Gasteiger partial charge < -0.3 is 15.3 Å². The Balaban J connectivity index is 1.84. The first-order valence-electron chi connectivity index (χ1n) is 7.23. The molecule has 0 aromatic carbocycles. The largest absolute Gasteiger partial charge is 0.393 e. The molecule has 1 aliphatic carbocycles. The molecule has 3 atom stereocenters. The van der Waals surface area contributed by atoms with E-state index in [-0.39, 0.29) is 24.1 Å². The van der Waals surface area contributed by atoms with Crippen molar-refractivity contribution >= 4 is 17.4 Å². The van der Waals surface area contributed by atoms with E-state index in [9.17, 15) is 9.90 Å². The number of nitrogens with one attached hydrogen (secondary N) is 1.